The fraction of sp³-hybridized carbons (Fsp3) is 0.143. The second-order valence-electron chi connectivity index (χ2n) is 2.30. The van der Waals surface area contributed by atoms with Crippen molar-refractivity contribution in [1.82, 2.24) is 0 Å². The Morgan fingerprint density at radius 1 is 1.62 bits per heavy atom. The summed E-state index contributed by atoms with van der Waals surface area (Å²) in [7, 11) is 0. The van der Waals surface area contributed by atoms with Crippen molar-refractivity contribution in [3.8, 4) is 0 Å². The van der Waals surface area contributed by atoms with Crippen LogP contribution in [0.1, 0.15) is 5.56 Å². The molecule has 0 atom stereocenters. The molecule has 6 heteroatoms. The maximum atomic E-state index is 13.0. The molecular formula is C7H5BrFNO3. The highest BCUT2D eigenvalue weighted by Crippen LogP contribution is 2.26. The molecular weight excluding hydrogens is 245 g/mol. The average molecular weight is 250 g/mol. The lowest BCUT2D eigenvalue weighted by Crippen LogP contribution is -1.98. The lowest BCUT2D eigenvalue weighted by atomic mass is 10.2. The Morgan fingerprint density at radius 2 is 2.23 bits per heavy atom. The molecule has 4 nitrogen and oxygen atoms in total. The number of nitrogens with zero attached hydrogens (tertiary/aromatic N) is 1. The lowest BCUT2D eigenvalue weighted by molar-refractivity contribution is -0.386. The van der Waals surface area contributed by atoms with E-state index in [1.54, 1.807) is 0 Å². The molecule has 1 N–H and O–H groups in total. The molecule has 13 heavy (non-hydrogen) atoms. The number of rotatable bonds is 2. The molecule has 70 valence electrons. The van der Waals surface area contributed by atoms with E-state index in [-0.39, 0.29) is 10.0 Å². The van der Waals surface area contributed by atoms with Crippen LogP contribution in [0.15, 0.2) is 16.6 Å². The van der Waals surface area contributed by atoms with Gasteiger partial charge in [-0.2, -0.15) is 0 Å². The van der Waals surface area contributed by atoms with E-state index < -0.39 is 23.0 Å². The largest absolute Gasteiger partial charge is 0.391 e. The van der Waals surface area contributed by atoms with Crippen LogP contribution in [0.5, 0.6) is 0 Å². The molecule has 0 aromatic heterocycles. The van der Waals surface area contributed by atoms with Crippen LogP contribution >= 0.6 is 15.9 Å². The highest BCUT2D eigenvalue weighted by atomic mass is 79.9. The van der Waals surface area contributed by atoms with Crippen LogP contribution in [0.25, 0.3) is 0 Å². The second kappa shape index (κ2) is 3.80. The Bertz CT molecular complexity index is 356. The maximum Gasteiger partial charge on any atom is 0.278 e. The smallest absolute Gasteiger partial charge is 0.278 e. The van der Waals surface area contributed by atoms with Crippen molar-refractivity contribution >= 4 is 21.6 Å². The van der Waals surface area contributed by atoms with E-state index in [1.165, 1.54) is 0 Å². The number of aliphatic hydroxyl groups is 1. The maximum absolute atomic E-state index is 13.0. The first kappa shape index (κ1) is 10.1. The Hall–Kier alpha value is -1.01. The van der Waals surface area contributed by atoms with Gasteiger partial charge in [-0.15, -0.1) is 0 Å². The van der Waals surface area contributed by atoms with Gasteiger partial charge in [-0.25, -0.2) is 4.39 Å². The van der Waals surface area contributed by atoms with Gasteiger partial charge in [-0.3, -0.25) is 10.1 Å². The van der Waals surface area contributed by atoms with E-state index in [4.69, 9.17) is 5.11 Å². The van der Waals surface area contributed by atoms with E-state index >= 15 is 0 Å². The van der Waals surface area contributed by atoms with Crippen molar-refractivity contribution in [3.05, 3.63) is 38.1 Å². The highest BCUT2D eigenvalue weighted by Gasteiger charge is 2.18. The SMILES string of the molecule is O=[N+]([O-])c1cc(Br)cc(F)c1CO. The van der Waals surface area contributed by atoms with Crippen LogP contribution in [0, 0.1) is 15.9 Å². The molecule has 0 heterocycles. The third kappa shape index (κ3) is 2.02. The van der Waals surface area contributed by atoms with Crippen molar-refractivity contribution in [1.29, 1.82) is 0 Å². The number of aliphatic hydroxyl groups excluding tert-OH is 1. The van der Waals surface area contributed by atoms with Gasteiger partial charge in [0, 0.05) is 10.5 Å². The number of nitro groups is 1. The number of benzene rings is 1. The van der Waals surface area contributed by atoms with Crippen LogP contribution in [0.4, 0.5) is 10.1 Å². The molecule has 1 rings (SSSR count). The Kier molecular flexibility index (Phi) is 2.94. The average Bonchev–Trinajstić information content (AvgIpc) is 2.02. The minimum Gasteiger partial charge on any atom is -0.391 e. The van der Waals surface area contributed by atoms with E-state index in [0.29, 0.717) is 0 Å². The molecule has 0 aliphatic heterocycles. The topological polar surface area (TPSA) is 63.4 Å². The number of hydrogen-bond acceptors (Lipinski definition) is 3. The standard InChI is InChI=1S/C7H5BrFNO3/c8-4-1-6(9)5(3-11)7(2-4)10(12)13/h1-2,11H,3H2. The summed E-state index contributed by atoms with van der Waals surface area (Å²) in [5, 5.41) is 19.1. The van der Waals surface area contributed by atoms with Crippen molar-refractivity contribution in [3.63, 3.8) is 0 Å². The Labute approximate surface area is 81.3 Å². The molecule has 1 aromatic carbocycles. The zero-order valence-corrected chi connectivity index (χ0v) is 7.91. The van der Waals surface area contributed by atoms with E-state index in [2.05, 4.69) is 15.9 Å². The van der Waals surface area contributed by atoms with Crippen LogP contribution < -0.4 is 0 Å². The molecule has 0 spiro atoms. The minimum atomic E-state index is -0.788. The summed E-state index contributed by atoms with van der Waals surface area (Å²) in [6, 6.07) is 2.22. The molecule has 0 aliphatic carbocycles. The van der Waals surface area contributed by atoms with Gasteiger partial charge < -0.3 is 5.11 Å². The molecule has 0 saturated heterocycles. The van der Waals surface area contributed by atoms with Crippen molar-refractivity contribution < 1.29 is 14.4 Å². The first-order valence-electron chi connectivity index (χ1n) is 3.29. The number of halogens is 2. The molecule has 0 fully saturated rings. The molecule has 0 bridgehead atoms. The van der Waals surface area contributed by atoms with Crippen molar-refractivity contribution in [2.24, 2.45) is 0 Å². The van der Waals surface area contributed by atoms with E-state index in [1.807, 2.05) is 0 Å². The zero-order chi connectivity index (χ0) is 10.0. The third-order valence-electron chi connectivity index (χ3n) is 1.49. The summed E-state index contributed by atoms with van der Waals surface area (Å²) in [4.78, 5) is 9.66. The van der Waals surface area contributed by atoms with Crippen LogP contribution in [0.3, 0.4) is 0 Å². The normalized spacial score (nSPS) is 10.1. The van der Waals surface area contributed by atoms with Gasteiger partial charge in [0.2, 0.25) is 0 Å². The first-order valence-corrected chi connectivity index (χ1v) is 4.08. The molecule has 0 amide bonds. The van der Waals surface area contributed by atoms with Crippen molar-refractivity contribution in [2.45, 2.75) is 6.61 Å². The predicted octanol–water partition coefficient (Wildman–Crippen LogP) is 1.99. The lowest BCUT2D eigenvalue weighted by Gasteiger charge is -2.01. The molecule has 0 saturated carbocycles. The van der Waals surface area contributed by atoms with E-state index in [0.717, 1.165) is 12.1 Å². The zero-order valence-electron chi connectivity index (χ0n) is 6.33. The van der Waals surface area contributed by atoms with Gasteiger partial charge in [-0.1, -0.05) is 15.9 Å². The summed E-state index contributed by atoms with van der Waals surface area (Å²) < 4.78 is 13.2. The van der Waals surface area contributed by atoms with Gasteiger partial charge in [0.25, 0.3) is 5.69 Å². The molecule has 0 radical (unpaired) electrons. The quantitative estimate of drug-likeness (QED) is 0.644. The molecule has 0 aliphatic rings. The minimum absolute atomic E-state index is 0.272. The van der Waals surface area contributed by atoms with Crippen LogP contribution in [0.2, 0.25) is 0 Å². The van der Waals surface area contributed by atoms with Gasteiger partial charge in [0.05, 0.1) is 17.1 Å². The monoisotopic (exact) mass is 249 g/mol. The summed E-state index contributed by atoms with van der Waals surface area (Å²) in [6.07, 6.45) is 0. The summed E-state index contributed by atoms with van der Waals surface area (Å²) in [5.41, 5.74) is -0.720. The second-order valence-corrected chi connectivity index (χ2v) is 3.22. The van der Waals surface area contributed by atoms with Crippen molar-refractivity contribution in [2.75, 3.05) is 0 Å². The number of hydrogen-bond donors (Lipinski definition) is 1. The predicted molar refractivity (Wildman–Crippen MR) is 46.7 cm³/mol. The summed E-state index contributed by atoms with van der Waals surface area (Å²) >= 11 is 2.92. The van der Waals surface area contributed by atoms with Gasteiger partial charge in [0.15, 0.2) is 0 Å². The van der Waals surface area contributed by atoms with Gasteiger partial charge >= 0.3 is 0 Å². The van der Waals surface area contributed by atoms with E-state index in [9.17, 15) is 14.5 Å². The summed E-state index contributed by atoms with van der Waals surface area (Å²) in [5.74, 6) is -0.788. The van der Waals surface area contributed by atoms with Gasteiger partial charge in [0.1, 0.15) is 5.82 Å². The van der Waals surface area contributed by atoms with Gasteiger partial charge in [-0.05, 0) is 6.07 Å². The summed E-state index contributed by atoms with van der Waals surface area (Å²) in [6.45, 7) is -0.685. The molecule has 0 unspecified atom stereocenters. The Balaban J connectivity index is 3.38. The fourth-order valence-corrected chi connectivity index (χ4v) is 1.33. The first-order chi connectivity index (χ1) is 6.06. The molecule has 1 aromatic rings. The third-order valence-corrected chi connectivity index (χ3v) is 1.95. The van der Waals surface area contributed by atoms with Crippen LogP contribution in [-0.4, -0.2) is 10.0 Å². The highest BCUT2D eigenvalue weighted by molar-refractivity contribution is 9.10. The Morgan fingerprint density at radius 3 is 2.69 bits per heavy atom. The number of nitro benzene ring substituents is 1. The van der Waals surface area contributed by atoms with Crippen LogP contribution in [-0.2, 0) is 6.61 Å². The fourth-order valence-electron chi connectivity index (χ4n) is 0.909.